The normalized spacial score (nSPS) is 12.7. The van der Waals surface area contributed by atoms with Gasteiger partial charge in [-0.25, -0.2) is 9.37 Å². The SMILES string of the molecule is CNC(c1ccc(F)cc1Br)c1nccn1C. The van der Waals surface area contributed by atoms with Gasteiger partial charge in [0.05, 0.1) is 6.04 Å². The fraction of sp³-hybridized carbons (Fsp3) is 0.250. The molecule has 0 saturated carbocycles. The minimum atomic E-state index is -0.254. The van der Waals surface area contributed by atoms with Crippen LogP contribution in [0.3, 0.4) is 0 Å². The second-order valence-electron chi connectivity index (χ2n) is 3.78. The summed E-state index contributed by atoms with van der Waals surface area (Å²) in [4.78, 5) is 4.31. The number of aryl methyl sites for hydroxylation is 1. The van der Waals surface area contributed by atoms with Crippen molar-refractivity contribution < 1.29 is 4.39 Å². The van der Waals surface area contributed by atoms with Gasteiger partial charge in [0.25, 0.3) is 0 Å². The molecule has 0 fully saturated rings. The zero-order valence-electron chi connectivity index (χ0n) is 9.61. The van der Waals surface area contributed by atoms with E-state index >= 15 is 0 Å². The highest BCUT2D eigenvalue weighted by molar-refractivity contribution is 9.10. The zero-order chi connectivity index (χ0) is 12.4. The Kier molecular flexibility index (Phi) is 3.59. The first-order valence-corrected chi connectivity index (χ1v) is 6.02. The molecule has 90 valence electrons. The molecule has 1 atom stereocenters. The van der Waals surface area contributed by atoms with Gasteiger partial charge in [0, 0.05) is 23.9 Å². The van der Waals surface area contributed by atoms with Crippen molar-refractivity contribution in [2.24, 2.45) is 7.05 Å². The molecule has 0 spiro atoms. The van der Waals surface area contributed by atoms with Crippen LogP contribution in [0.15, 0.2) is 35.1 Å². The van der Waals surface area contributed by atoms with Gasteiger partial charge in [-0.15, -0.1) is 0 Å². The molecule has 0 saturated heterocycles. The van der Waals surface area contributed by atoms with Gasteiger partial charge < -0.3 is 9.88 Å². The van der Waals surface area contributed by atoms with Crippen molar-refractivity contribution in [1.29, 1.82) is 0 Å². The van der Waals surface area contributed by atoms with Crippen molar-refractivity contribution in [2.45, 2.75) is 6.04 Å². The number of imidazole rings is 1. The number of hydrogen-bond donors (Lipinski definition) is 1. The number of hydrogen-bond acceptors (Lipinski definition) is 2. The van der Waals surface area contributed by atoms with E-state index in [1.807, 2.05) is 24.9 Å². The molecular formula is C12H13BrFN3. The summed E-state index contributed by atoms with van der Waals surface area (Å²) in [5.41, 5.74) is 0.961. The summed E-state index contributed by atoms with van der Waals surface area (Å²) in [6.45, 7) is 0. The van der Waals surface area contributed by atoms with Crippen LogP contribution >= 0.6 is 15.9 Å². The second-order valence-corrected chi connectivity index (χ2v) is 4.64. The Labute approximate surface area is 108 Å². The maximum absolute atomic E-state index is 13.1. The van der Waals surface area contributed by atoms with Crippen LogP contribution in [-0.2, 0) is 7.05 Å². The summed E-state index contributed by atoms with van der Waals surface area (Å²) in [5, 5.41) is 3.19. The molecule has 5 heteroatoms. The van der Waals surface area contributed by atoms with E-state index in [4.69, 9.17) is 0 Å². The fourth-order valence-corrected chi connectivity index (χ4v) is 2.39. The Morgan fingerprint density at radius 3 is 2.76 bits per heavy atom. The highest BCUT2D eigenvalue weighted by Gasteiger charge is 2.18. The van der Waals surface area contributed by atoms with Gasteiger partial charge in [-0.2, -0.15) is 0 Å². The predicted octanol–water partition coefficient (Wildman–Crippen LogP) is 2.63. The molecule has 2 rings (SSSR count). The number of halogens is 2. The quantitative estimate of drug-likeness (QED) is 0.944. The third-order valence-electron chi connectivity index (χ3n) is 2.68. The first-order chi connectivity index (χ1) is 8.13. The van der Waals surface area contributed by atoms with Crippen LogP contribution in [-0.4, -0.2) is 16.6 Å². The molecule has 17 heavy (non-hydrogen) atoms. The van der Waals surface area contributed by atoms with Crippen LogP contribution in [0.25, 0.3) is 0 Å². The molecular weight excluding hydrogens is 285 g/mol. The van der Waals surface area contributed by atoms with E-state index in [9.17, 15) is 4.39 Å². The van der Waals surface area contributed by atoms with Crippen LogP contribution in [0.5, 0.6) is 0 Å². The summed E-state index contributed by atoms with van der Waals surface area (Å²) < 4.78 is 15.7. The van der Waals surface area contributed by atoms with Crippen molar-refractivity contribution in [1.82, 2.24) is 14.9 Å². The van der Waals surface area contributed by atoms with Gasteiger partial charge in [0.1, 0.15) is 11.6 Å². The standard InChI is InChI=1S/C12H13BrFN3/c1-15-11(12-16-5-6-17(12)2)9-4-3-8(14)7-10(9)13/h3-7,11,15H,1-2H3. The molecule has 2 aromatic rings. The Morgan fingerprint density at radius 1 is 1.47 bits per heavy atom. The van der Waals surface area contributed by atoms with E-state index in [0.29, 0.717) is 0 Å². The third kappa shape index (κ3) is 2.40. The van der Waals surface area contributed by atoms with E-state index in [2.05, 4.69) is 26.2 Å². The van der Waals surface area contributed by atoms with Crippen LogP contribution in [0.4, 0.5) is 4.39 Å². The Hall–Kier alpha value is -1.20. The summed E-state index contributed by atoms with van der Waals surface area (Å²) in [6, 6.07) is 4.61. The third-order valence-corrected chi connectivity index (χ3v) is 3.37. The molecule has 0 radical (unpaired) electrons. The lowest BCUT2D eigenvalue weighted by Gasteiger charge is -2.17. The molecule has 0 aliphatic heterocycles. The largest absolute Gasteiger partial charge is 0.336 e. The number of nitrogens with zero attached hydrogens (tertiary/aromatic N) is 2. The lowest BCUT2D eigenvalue weighted by Crippen LogP contribution is -2.21. The smallest absolute Gasteiger partial charge is 0.130 e. The minimum Gasteiger partial charge on any atom is -0.336 e. The Bertz CT molecular complexity index is 524. The minimum absolute atomic E-state index is 0.0648. The van der Waals surface area contributed by atoms with Crippen molar-refractivity contribution >= 4 is 15.9 Å². The molecule has 0 aliphatic rings. The fourth-order valence-electron chi connectivity index (χ4n) is 1.81. The molecule has 1 aromatic heterocycles. The van der Waals surface area contributed by atoms with Crippen LogP contribution in [0.1, 0.15) is 17.4 Å². The van der Waals surface area contributed by atoms with Crippen molar-refractivity contribution in [2.75, 3.05) is 7.05 Å². The van der Waals surface area contributed by atoms with Gasteiger partial charge in [-0.3, -0.25) is 0 Å². The van der Waals surface area contributed by atoms with E-state index in [1.165, 1.54) is 12.1 Å². The maximum Gasteiger partial charge on any atom is 0.130 e. The van der Waals surface area contributed by atoms with E-state index in [1.54, 1.807) is 12.3 Å². The number of aromatic nitrogens is 2. The van der Waals surface area contributed by atoms with Gasteiger partial charge in [0.15, 0.2) is 0 Å². The number of nitrogens with one attached hydrogen (secondary N) is 1. The number of benzene rings is 1. The highest BCUT2D eigenvalue weighted by Crippen LogP contribution is 2.27. The predicted molar refractivity (Wildman–Crippen MR) is 68.2 cm³/mol. The molecule has 0 aliphatic carbocycles. The second kappa shape index (κ2) is 4.98. The van der Waals surface area contributed by atoms with Crippen molar-refractivity contribution in [3.05, 3.63) is 52.3 Å². The average Bonchev–Trinajstić information content (AvgIpc) is 2.69. The topological polar surface area (TPSA) is 29.9 Å². The van der Waals surface area contributed by atoms with Gasteiger partial charge in [-0.05, 0) is 24.7 Å². The molecule has 0 amide bonds. The van der Waals surface area contributed by atoms with Gasteiger partial charge in [0.2, 0.25) is 0 Å². The number of rotatable bonds is 3. The van der Waals surface area contributed by atoms with Crippen molar-refractivity contribution in [3.63, 3.8) is 0 Å². The van der Waals surface area contributed by atoms with Crippen molar-refractivity contribution in [3.8, 4) is 0 Å². The van der Waals surface area contributed by atoms with Gasteiger partial charge in [-0.1, -0.05) is 22.0 Å². The summed E-state index contributed by atoms with van der Waals surface area (Å²) in [6.07, 6.45) is 3.63. The maximum atomic E-state index is 13.1. The monoisotopic (exact) mass is 297 g/mol. The summed E-state index contributed by atoms with van der Waals surface area (Å²) in [5.74, 6) is 0.634. The Balaban J connectivity index is 2.46. The van der Waals surface area contributed by atoms with Crippen LogP contribution in [0, 0.1) is 5.82 Å². The zero-order valence-corrected chi connectivity index (χ0v) is 11.2. The molecule has 1 N–H and O–H groups in total. The van der Waals surface area contributed by atoms with Crippen LogP contribution in [0.2, 0.25) is 0 Å². The highest BCUT2D eigenvalue weighted by atomic mass is 79.9. The van der Waals surface area contributed by atoms with Gasteiger partial charge >= 0.3 is 0 Å². The summed E-state index contributed by atoms with van der Waals surface area (Å²) >= 11 is 3.38. The van der Waals surface area contributed by atoms with Crippen LogP contribution < -0.4 is 5.32 Å². The lowest BCUT2D eigenvalue weighted by atomic mass is 10.1. The molecule has 1 unspecified atom stereocenters. The van der Waals surface area contributed by atoms with E-state index < -0.39 is 0 Å². The first-order valence-electron chi connectivity index (χ1n) is 5.23. The van der Waals surface area contributed by atoms with E-state index in [-0.39, 0.29) is 11.9 Å². The molecule has 1 aromatic carbocycles. The molecule has 1 heterocycles. The first kappa shape index (κ1) is 12.3. The Morgan fingerprint density at radius 2 is 2.24 bits per heavy atom. The average molecular weight is 298 g/mol. The lowest BCUT2D eigenvalue weighted by molar-refractivity contribution is 0.603. The molecule has 0 bridgehead atoms. The summed E-state index contributed by atoms with van der Waals surface area (Å²) in [7, 11) is 3.79. The molecule has 3 nitrogen and oxygen atoms in total. The van der Waals surface area contributed by atoms with E-state index in [0.717, 1.165) is 15.9 Å².